The smallest absolute Gasteiger partial charge is 0.211 e. The fraction of sp³-hybridized carbons (Fsp3) is 0.280. The number of nitrogens with two attached hydrogens (primary N) is 1. The van der Waals surface area contributed by atoms with Gasteiger partial charge in [-0.2, -0.15) is 5.10 Å². The van der Waals surface area contributed by atoms with Gasteiger partial charge in [0.2, 0.25) is 5.79 Å². The zero-order valence-electron chi connectivity index (χ0n) is 18.9. The van der Waals surface area contributed by atoms with E-state index in [0.29, 0.717) is 11.4 Å². The number of nitrogens with one attached hydrogen (secondary N) is 3. The number of hydrogen-bond donors (Lipinski definition) is 4. The molecule has 0 saturated heterocycles. The predicted octanol–water partition coefficient (Wildman–Crippen LogP) is 3.96. The summed E-state index contributed by atoms with van der Waals surface area (Å²) in [6.07, 6.45) is 7.57. The van der Waals surface area contributed by atoms with Gasteiger partial charge in [-0.1, -0.05) is 24.6 Å². The molecule has 0 saturated carbocycles. The van der Waals surface area contributed by atoms with Crippen molar-refractivity contribution in [3.8, 4) is 0 Å². The van der Waals surface area contributed by atoms with Gasteiger partial charge in [-0.3, -0.25) is 10.4 Å². The van der Waals surface area contributed by atoms with E-state index in [0.717, 1.165) is 49.3 Å². The third-order valence-electron chi connectivity index (χ3n) is 6.04. The third-order valence-corrected chi connectivity index (χ3v) is 6.25. The lowest BCUT2D eigenvalue weighted by atomic mass is 10.00. The predicted molar refractivity (Wildman–Crippen MR) is 134 cm³/mol. The van der Waals surface area contributed by atoms with Crippen LogP contribution in [0.3, 0.4) is 0 Å². The molecule has 0 radical (unpaired) electrons. The molecule has 176 valence electrons. The number of anilines is 1. The van der Waals surface area contributed by atoms with Gasteiger partial charge < -0.3 is 16.0 Å². The van der Waals surface area contributed by atoms with Crippen LogP contribution in [0, 0.1) is 5.82 Å². The zero-order valence-corrected chi connectivity index (χ0v) is 19.7. The van der Waals surface area contributed by atoms with Crippen LogP contribution in [0.15, 0.2) is 60.0 Å². The van der Waals surface area contributed by atoms with E-state index in [9.17, 15) is 4.39 Å². The van der Waals surface area contributed by atoms with Gasteiger partial charge in [0.25, 0.3) is 0 Å². The number of rotatable bonds is 5. The van der Waals surface area contributed by atoms with Crippen LogP contribution >= 0.6 is 11.6 Å². The summed E-state index contributed by atoms with van der Waals surface area (Å²) in [5.74, 6) is -1.31. The molecule has 34 heavy (non-hydrogen) atoms. The standard InChI is InChI=1S/C25H27ClFN7/c1-2-7-34-15-18(13-31-34)23-14-30-25(28,19-9-20(26)11-21(27)10-19)33-24(23)32-22-4-3-16-5-6-29-12-17(16)8-22/h3-4,8-11,13-15,29-30H,2,5-7,12,28H2,1H3,(H,32,33). The van der Waals surface area contributed by atoms with Crippen LogP contribution in [-0.4, -0.2) is 22.2 Å². The van der Waals surface area contributed by atoms with Crippen LogP contribution in [0.4, 0.5) is 10.1 Å². The van der Waals surface area contributed by atoms with Crippen molar-refractivity contribution >= 4 is 28.7 Å². The number of amidine groups is 1. The summed E-state index contributed by atoms with van der Waals surface area (Å²) >= 11 is 6.10. The van der Waals surface area contributed by atoms with E-state index in [2.05, 4.69) is 40.1 Å². The summed E-state index contributed by atoms with van der Waals surface area (Å²) < 4.78 is 16.0. The van der Waals surface area contributed by atoms with E-state index in [4.69, 9.17) is 22.3 Å². The van der Waals surface area contributed by atoms with Crippen LogP contribution < -0.4 is 21.7 Å². The molecule has 2 aliphatic heterocycles. The second kappa shape index (κ2) is 9.21. The molecule has 1 atom stereocenters. The largest absolute Gasteiger partial charge is 0.351 e. The van der Waals surface area contributed by atoms with Crippen LogP contribution in [0.5, 0.6) is 0 Å². The van der Waals surface area contributed by atoms with Crippen molar-refractivity contribution in [3.05, 3.63) is 88.1 Å². The molecular formula is C25H27ClFN7. The number of halogens is 2. The van der Waals surface area contributed by atoms with E-state index in [1.807, 2.05) is 16.9 Å². The molecule has 0 bridgehead atoms. The van der Waals surface area contributed by atoms with Gasteiger partial charge in [-0.05, 0) is 60.8 Å². The fourth-order valence-electron chi connectivity index (χ4n) is 4.31. The molecule has 2 aliphatic rings. The molecule has 0 aliphatic carbocycles. The monoisotopic (exact) mass is 479 g/mol. The number of benzene rings is 2. The third kappa shape index (κ3) is 4.57. The van der Waals surface area contributed by atoms with Gasteiger partial charge in [0.15, 0.2) is 0 Å². The average Bonchev–Trinajstić information content (AvgIpc) is 3.27. The van der Waals surface area contributed by atoms with E-state index >= 15 is 0 Å². The highest BCUT2D eigenvalue weighted by Gasteiger charge is 2.32. The second-order valence-corrected chi connectivity index (χ2v) is 9.05. The Labute approximate surface area is 202 Å². The molecule has 1 aromatic heterocycles. The van der Waals surface area contributed by atoms with E-state index in [-0.39, 0.29) is 5.02 Å². The number of aromatic nitrogens is 2. The van der Waals surface area contributed by atoms with Crippen molar-refractivity contribution in [2.24, 2.45) is 10.7 Å². The van der Waals surface area contributed by atoms with Gasteiger partial charge >= 0.3 is 0 Å². The summed E-state index contributed by atoms with van der Waals surface area (Å²) in [6.45, 7) is 4.74. The molecule has 2 aromatic carbocycles. The van der Waals surface area contributed by atoms with Crippen LogP contribution in [-0.2, 0) is 25.3 Å². The first-order chi connectivity index (χ1) is 16.4. The van der Waals surface area contributed by atoms with E-state index in [1.54, 1.807) is 18.5 Å². The van der Waals surface area contributed by atoms with Crippen molar-refractivity contribution in [3.63, 3.8) is 0 Å². The normalized spacial score (nSPS) is 19.6. The molecule has 3 heterocycles. The number of fused-ring (bicyclic) bond motifs is 1. The van der Waals surface area contributed by atoms with Gasteiger partial charge in [0, 0.05) is 52.9 Å². The van der Waals surface area contributed by atoms with Crippen LogP contribution in [0.25, 0.3) is 5.57 Å². The Balaban J connectivity index is 1.54. The Bertz CT molecular complexity index is 1260. The summed E-state index contributed by atoms with van der Waals surface area (Å²) in [4.78, 5) is 4.81. The molecule has 1 unspecified atom stereocenters. The molecule has 0 amide bonds. The highest BCUT2D eigenvalue weighted by atomic mass is 35.5. The lowest BCUT2D eigenvalue weighted by Crippen LogP contribution is -2.50. The molecule has 3 aromatic rings. The maximum atomic E-state index is 14.1. The summed E-state index contributed by atoms with van der Waals surface area (Å²) in [5.41, 5.74) is 12.2. The van der Waals surface area contributed by atoms with Gasteiger partial charge in [0.1, 0.15) is 11.7 Å². The van der Waals surface area contributed by atoms with Crippen molar-refractivity contribution < 1.29 is 4.39 Å². The fourth-order valence-corrected chi connectivity index (χ4v) is 4.53. The first-order valence-corrected chi connectivity index (χ1v) is 11.8. The minimum Gasteiger partial charge on any atom is -0.351 e. The maximum absolute atomic E-state index is 14.1. The zero-order chi connectivity index (χ0) is 23.7. The quantitative estimate of drug-likeness (QED) is 0.444. The van der Waals surface area contributed by atoms with E-state index in [1.165, 1.54) is 23.3 Å². The lowest BCUT2D eigenvalue weighted by Gasteiger charge is -2.32. The lowest BCUT2D eigenvalue weighted by molar-refractivity contribution is 0.409. The molecule has 5 N–H and O–H groups in total. The van der Waals surface area contributed by atoms with Crippen molar-refractivity contribution in [1.29, 1.82) is 0 Å². The number of aryl methyl sites for hydroxylation is 1. The Hall–Kier alpha value is -3.20. The van der Waals surface area contributed by atoms with Crippen molar-refractivity contribution in [2.45, 2.75) is 38.6 Å². The van der Waals surface area contributed by atoms with Crippen LogP contribution in [0.2, 0.25) is 5.02 Å². The molecule has 0 spiro atoms. The first kappa shape index (κ1) is 22.6. The second-order valence-electron chi connectivity index (χ2n) is 8.61. The molecule has 0 fully saturated rings. The van der Waals surface area contributed by atoms with E-state index < -0.39 is 11.6 Å². The molecule has 9 heteroatoms. The van der Waals surface area contributed by atoms with Gasteiger partial charge in [-0.25, -0.2) is 9.38 Å². The molecular weight excluding hydrogens is 453 g/mol. The van der Waals surface area contributed by atoms with Gasteiger partial charge in [-0.15, -0.1) is 0 Å². The average molecular weight is 480 g/mol. The minimum atomic E-state index is -1.40. The number of aliphatic imine (C=N–C) groups is 1. The minimum absolute atomic E-state index is 0.254. The van der Waals surface area contributed by atoms with Crippen LogP contribution in [0.1, 0.15) is 35.6 Å². The number of hydrogen-bond acceptors (Lipinski definition) is 6. The SMILES string of the molecule is CCCn1cc(C2=CNC(N)(c3cc(F)cc(Cl)c3)N=C2Nc2ccc3c(c2)CNCC3)cn1. The Morgan fingerprint density at radius 2 is 2.12 bits per heavy atom. The van der Waals surface area contributed by atoms with Crippen molar-refractivity contribution in [2.75, 3.05) is 11.9 Å². The summed E-state index contributed by atoms with van der Waals surface area (Å²) in [5, 5.41) is 14.7. The summed E-state index contributed by atoms with van der Waals surface area (Å²) in [6, 6.07) is 10.5. The molecule has 7 nitrogen and oxygen atoms in total. The first-order valence-electron chi connectivity index (χ1n) is 11.4. The highest BCUT2D eigenvalue weighted by molar-refractivity contribution is 6.30. The Morgan fingerprint density at radius 1 is 1.24 bits per heavy atom. The van der Waals surface area contributed by atoms with Crippen molar-refractivity contribution in [1.82, 2.24) is 20.4 Å². The van der Waals surface area contributed by atoms with Gasteiger partial charge in [0.05, 0.1) is 6.20 Å². The topological polar surface area (TPSA) is 92.3 Å². The Kier molecular flexibility index (Phi) is 6.12. The molecule has 5 rings (SSSR count). The summed E-state index contributed by atoms with van der Waals surface area (Å²) in [7, 11) is 0. The maximum Gasteiger partial charge on any atom is 0.211 e. The number of nitrogens with zero attached hydrogens (tertiary/aromatic N) is 3. The highest BCUT2D eigenvalue weighted by Crippen LogP contribution is 2.30. The Morgan fingerprint density at radius 3 is 2.94 bits per heavy atom.